The molecule has 8 nitrogen and oxygen atoms in total. The molecular formula is C24H13Cl2I2N3O5S. The highest BCUT2D eigenvalue weighted by Crippen LogP contribution is 2.35. The second kappa shape index (κ2) is 11.6. The Morgan fingerprint density at radius 1 is 1.08 bits per heavy atom. The Labute approximate surface area is 253 Å². The second-order valence-corrected chi connectivity index (χ2v) is 11.1. The van der Waals surface area contributed by atoms with Crippen LogP contribution in [-0.2, 0) is 16.2 Å². The fourth-order valence-corrected chi connectivity index (χ4v) is 6.21. The molecule has 1 heterocycles. The SMILES string of the molecule is O=C1NC(=S)N(c2cccc(Cl)c2Cl)C(=O)/C1=C/c1cc(I)c(OCc2cccc([N+](=O)[O-])c2)c(I)c1. The predicted octanol–water partition coefficient (Wildman–Crippen LogP) is 6.52. The number of hydrogen-bond acceptors (Lipinski definition) is 6. The normalized spacial score (nSPS) is 14.6. The van der Waals surface area contributed by atoms with Gasteiger partial charge in [0.2, 0.25) is 0 Å². The number of carbonyl (C=O) groups excluding carboxylic acids is 2. The number of nitro benzene ring substituents is 1. The van der Waals surface area contributed by atoms with Crippen LogP contribution in [0.2, 0.25) is 10.0 Å². The minimum Gasteiger partial charge on any atom is -0.487 e. The zero-order chi connectivity index (χ0) is 26.9. The molecule has 0 spiro atoms. The fraction of sp³-hybridized carbons (Fsp3) is 0.0417. The molecule has 1 aliphatic rings. The van der Waals surface area contributed by atoms with E-state index in [1.807, 2.05) is 0 Å². The van der Waals surface area contributed by atoms with Crippen molar-refractivity contribution in [2.24, 2.45) is 0 Å². The topological polar surface area (TPSA) is 102 Å². The van der Waals surface area contributed by atoms with Crippen molar-refractivity contribution in [3.63, 3.8) is 0 Å². The van der Waals surface area contributed by atoms with Gasteiger partial charge in [0.1, 0.15) is 17.9 Å². The summed E-state index contributed by atoms with van der Waals surface area (Å²) in [6.07, 6.45) is 1.46. The van der Waals surface area contributed by atoms with Crippen LogP contribution in [0.25, 0.3) is 6.08 Å². The minimum atomic E-state index is -0.645. The first-order chi connectivity index (χ1) is 17.6. The number of rotatable bonds is 6. The van der Waals surface area contributed by atoms with Gasteiger partial charge in [-0.25, -0.2) is 0 Å². The van der Waals surface area contributed by atoms with E-state index in [-0.39, 0.29) is 38.7 Å². The molecule has 3 aromatic rings. The van der Waals surface area contributed by atoms with Gasteiger partial charge >= 0.3 is 0 Å². The third-order valence-corrected chi connectivity index (χ3v) is 7.81. The lowest BCUT2D eigenvalue weighted by Crippen LogP contribution is -2.54. The molecule has 37 heavy (non-hydrogen) atoms. The summed E-state index contributed by atoms with van der Waals surface area (Å²) >= 11 is 21.8. The van der Waals surface area contributed by atoms with Crippen LogP contribution >= 0.6 is 80.6 Å². The van der Waals surface area contributed by atoms with E-state index in [9.17, 15) is 19.7 Å². The maximum absolute atomic E-state index is 13.3. The Morgan fingerprint density at radius 3 is 2.43 bits per heavy atom. The van der Waals surface area contributed by atoms with Crippen LogP contribution in [0.3, 0.4) is 0 Å². The Bertz CT molecular complexity index is 1490. The van der Waals surface area contributed by atoms with Gasteiger partial charge in [-0.05, 0) is 98.9 Å². The quantitative estimate of drug-likeness (QED) is 0.0764. The van der Waals surface area contributed by atoms with Crippen LogP contribution in [0.5, 0.6) is 5.75 Å². The van der Waals surface area contributed by atoms with Crippen molar-refractivity contribution >= 4 is 115 Å². The molecule has 2 amide bonds. The van der Waals surface area contributed by atoms with Crippen molar-refractivity contribution in [3.8, 4) is 5.75 Å². The number of anilines is 1. The molecule has 3 aromatic carbocycles. The second-order valence-electron chi connectivity index (χ2n) is 7.56. The summed E-state index contributed by atoms with van der Waals surface area (Å²) in [5, 5.41) is 13.8. The van der Waals surface area contributed by atoms with E-state index in [4.69, 9.17) is 40.2 Å². The first-order valence-corrected chi connectivity index (χ1v) is 13.6. The van der Waals surface area contributed by atoms with Crippen molar-refractivity contribution in [2.45, 2.75) is 6.61 Å². The molecule has 1 saturated heterocycles. The molecule has 4 rings (SSSR count). The number of non-ortho nitro benzene ring substituents is 1. The third kappa shape index (κ3) is 6.06. The number of nitrogens with zero attached hydrogens (tertiary/aromatic N) is 2. The highest BCUT2D eigenvalue weighted by Gasteiger charge is 2.35. The van der Waals surface area contributed by atoms with Gasteiger partial charge in [0, 0.05) is 12.1 Å². The Morgan fingerprint density at radius 2 is 1.76 bits per heavy atom. The maximum Gasteiger partial charge on any atom is 0.270 e. The van der Waals surface area contributed by atoms with Crippen molar-refractivity contribution in [3.05, 3.63) is 98.6 Å². The Balaban J connectivity index is 1.61. The summed E-state index contributed by atoms with van der Waals surface area (Å²) in [6, 6.07) is 14.5. The monoisotopic (exact) mass is 779 g/mol. The molecule has 13 heteroatoms. The zero-order valence-corrected chi connectivity index (χ0v) is 25.0. The highest BCUT2D eigenvalue weighted by molar-refractivity contribution is 14.1. The first-order valence-electron chi connectivity index (χ1n) is 10.3. The van der Waals surface area contributed by atoms with E-state index in [2.05, 4.69) is 50.5 Å². The van der Waals surface area contributed by atoms with Crippen LogP contribution in [-0.4, -0.2) is 21.9 Å². The smallest absolute Gasteiger partial charge is 0.270 e. The van der Waals surface area contributed by atoms with E-state index in [0.29, 0.717) is 16.9 Å². The largest absolute Gasteiger partial charge is 0.487 e. The molecule has 188 valence electrons. The van der Waals surface area contributed by atoms with Gasteiger partial charge in [0.15, 0.2) is 5.11 Å². The summed E-state index contributed by atoms with van der Waals surface area (Å²) in [5.74, 6) is -0.711. The minimum absolute atomic E-state index is 0.0181. The number of hydrogen-bond donors (Lipinski definition) is 1. The molecule has 0 aliphatic carbocycles. The third-order valence-electron chi connectivity index (χ3n) is 5.11. The molecule has 0 bridgehead atoms. The zero-order valence-electron chi connectivity index (χ0n) is 18.3. The van der Waals surface area contributed by atoms with E-state index in [1.165, 1.54) is 18.2 Å². The van der Waals surface area contributed by atoms with E-state index < -0.39 is 16.7 Å². The number of nitrogens with one attached hydrogen (secondary N) is 1. The van der Waals surface area contributed by atoms with Crippen molar-refractivity contribution < 1.29 is 19.2 Å². The lowest BCUT2D eigenvalue weighted by atomic mass is 10.1. The first kappa shape index (κ1) is 27.7. The standard InChI is InChI=1S/C24H13Cl2I2N3O5S/c25-16-5-2-6-19(20(16)26)30-23(33)15(22(32)29-24(30)37)8-13-9-17(27)21(18(28)10-13)36-11-12-3-1-4-14(7-12)31(34)35/h1-10H,11H2,(H,29,32,37)/b15-8+. The average molecular weight is 780 g/mol. The molecule has 1 N–H and O–H groups in total. The van der Waals surface area contributed by atoms with Crippen LogP contribution in [0.4, 0.5) is 11.4 Å². The number of ether oxygens (including phenoxy) is 1. The molecule has 1 fully saturated rings. The Kier molecular flexibility index (Phi) is 8.68. The summed E-state index contributed by atoms with van der Waals surface area (Å²) in [4.78, 5) is 37.7. The van der Waals surface area contributed by atoms with Crippen molar-refractivity contribution in [2.75, 3.05) is 4.90 Å². The van der Waals surface area contributed by atoms with E-state index in [0.717, 1.165) is 12.0 Å². The van der Waals surface area contributed by atoms with Gasteiger partial charge in [0.25, 0.3) is 17.5 Å². The lowest BCUT2D eigenvalue weighted by molar-refractivity contribution is -0.384. The van der Waals surface area contributed by atoms with Crippen molar-refractivity contribution in [1.82, 2.24) is 5.32 Å². The van der Waals surface area contributed by atoms with E-state index in [1.54, 1.807) is 42.5 Å². The highest BCUT2D eigenvalue weighted by atomic mass is 127. The molecule has 0 aromatic heterocycles. The fourth-order valence-electron chi connectivity index (χ4n) is 3.42. The van der Waals surface area contributed by atoms with Crippen molar-refractivity contribution in [1.29, 1.82) is 0 Å². The maximum atomic E-state index is 13.3. The number of thiocarbonyl (C=S) groups is 1. The molecule has 0 unspecified atom stereocenters. The summed E-state index contributed by atoms with van der Waals surface area (Å²) in [7, 11) is 0. The van der Waals surface area contributed by atoms with Gasteiger partial charge in [-0.1, -0.05) is 41.4 Å². The predicted molar refractivity (Wildman–Crippen MR) is 162 cm³/mol. The van der Waals surface area contributed by atoms with Crippen LogP contribution in [0.1, 0.15) is 11.1 Å². The molecule has 0 radical (unpaired) electrons. The summed E-state index contributed by atoms with van der Waals surface area (Å²) < 4.78 is 7.37. The molecule has 1 aliphatic heterocycles. The average Bonchev–Trinajstić information content (AvgIpc) is 2.84. The number of amides is 2. The summed E-state index contributed by atoms with van der Waals surface area (Å²) in [5.41, 5.74) is 1.33. The van der Waals surface area contributed by atoms with Gasteiger partial charge in [-0.15, -0.1) is 0 Å². The number of carbonyl (C=O) groups is 2. The summed E-state index contributed by atoms with van der Waals surface area (Å²) in [6.45, 7) is 0.127. The van der Waals surface area contributed by atoms with Crippen LogP contribution < -0.4 is 15.0 Å². The van der Waals surface area contributed by atoms with Gasteiger partial charge < -0.3 is 4.74 Å². The molecule has 0 atom stereocenters. The van der Waals surface area contributed by atoms with Gasteiger partial charge in [-0.3, -0.25) is 29.9 Å². The number of nitro groups is 1. The Hall–Kier alpha value is -2.33. The number of benzene rings is 3. The van der Waals surface area contributed by atoms with Crippen LogP contribution in [0, 0.1) is 17.3 Å². The van der Waals surface area contributed by atoms with E-state index >= 15 is 0 Å². The van der Waals surface area contributed by atoms with Crippen LogP contribution in [0.15, 0.2) is 60.2 Å². The molecular weight excluding hydrogens is 767 g/mol. The molecule has 0 saturated carbocycles. The van der Waals surface area contributed by atoms with Gasteiger partial charge in [-0.2, -0.15) is 0 Å². The number of halogens is 4. The lowest BCUT2D eigenvalue weighted by Gasteiger charge is -2.29. The van der Waals surface area contributed by atoms with Gasteiger partial charge in [0.05, 0.1) is 27.8 Å².